The van der Waals surface area contributed by atoms with Gasteiger partial charge in [-0.15, -0.1) is 0 Å². The summed E-state index contributed by atoms with van der Waals surface area (Å²) in [5, 5.41) is 11.0. The summed E-state index contributed by atoms with van der Waals surface area (Å²) in [6.45, 7) is 4.13. The fourth-order valence-corrected chi connectivity index (χ4v) is 0.773. The van der Waals surface area contributed by atoms with Crippen molar-refractivity contribution in [1.82, 2.24) is 5.32 Å². The minimum atomic E-state index is -1.09. The van der Waals surface area contributed by atoms with Gasteiger partial charge < -0.3 is 16.2 Å². The summed E-state index contributed by atoms with van der Waals surface area (Å²) < 4.78 is 0. The van der Waals surface area contributed by atoms with Gasteiger partial charge in [-0.1, -0.05) is 0 Å². The third-order valence-electron chi connectivity index (χ3n) is 1.59. The molecule has 1 atom stereocenters. The van der Waals surface area contributed by atoms with Gasteiger partial charge in [0.1, 0.15) is 6.04 Å². The van der Waals surface area contributed by atoms with Crippen molar-refractivity contribution in [2.24, 2.45) is 10.7 Å². The Labute approximate surface area is 82.2 Å². The van der Waals surface area contributed by atoms with Gasteiger partial charge in [0.15, 0.2) is 0 Å². The summed E-state index contributed by atoms with van der Waals surface area (Å²) in [4.78, 5) is 24.9. The Balaban J connectivity index is 3.53. The van der Waals surface area contributed by atoms with Crippen molar-refractivity contribution in [3.8, 4) is 0 Å². The van der Waals surface area contributed by atoms with Crippen LogP contribution in [0.3, 0.4) is 0 Å². The second kappa shape index (κ2) is 7.02. The van der Waals surface area contributed by atoms with Crippen LogP contribution in [0.4, 0.5) is 0 Å². The van der Waals surface area contributed by atoms with E-state index in [4.69, 9.17) is 10.8 Å². The number of hydrogen-bond donors (Lipinski definition) is 3. The number of aliphatic carboxylic acids is 1. The van der Waals surface area contributed by atoms with Crippen LogP contribution >= 0.6 is 0 Å². The first-order valence-corrected chi connectivity index (χ1v) is 4.25. The number of carboxylic acids is 1. The molecule has 0 radical (unpaired) electrons. The van der Waals surface area contributed by atoms with Crippen molar-refractivity contribution in [2.45, 2.75) is 18.9 Å². The minimum absolute atomic E-state index is 0.116. The van der Waals surface area contributed by atoms with Crippen LogP contribution in [0.2, 0.25) is 0 Å². The Bertz CT molecular complexity index is 218. The smallest absolute Gasteiger partial charge is 0.320 e. The maximum Gasteiger partial charge on any atom is 0.320 e. The number of nitrogens with one attached hydrogen (secondary N) is 1. The van der Waals surface area contributed by atoms with Crippen molar-refractivity contribution in [3.05, 3.63) is 0 Å². The summed E-state index contributed by atoms with van der Waals surface area (Å²) in [6.07, 6.45) is 0.257. The summed E-state index contributed by atoms with van der Waals surface area (Å²) >= 11 is 0. The highest BCUT2D eigenvalue weighted by atomic mass is 16.4. The molecule has 80 valence electrons. The van der Waals surface area contributed by atoms with Gasteiger partial charge in [-0.3, -0.25) is 14.6 Å². The number of hydrogen-bond acceptors (Lipinski definition) is 4. The molecule has 0 aromatic rings. The number of aliphatic imine (C=N–C) groups is 1. The lowest BCUT2D eigenvalue weighted by Gasteiger charge is -2.06. The quantitative estimate of drug-likeness (QED) is 0.362. The fourth-order valence-electron chi connectivity index (χ4n) is 0.773. The van der Waals surface area contributed by atoms with E-state index in [1.807, 2.05) is 0 Å². The first-order valence-electron chi connectivity index (χ1n) is 4.25. The molecule has 0 spiro atoms. The number of amides is 1. The molecule has 1 amide bonds. The van der Waals surface area contributed by atoms with Crippen LogP contribution in [-0.2, 0) is 9.59 Å². The van der Waals surface area contributed by atoms with Crippen molar-refractivity contribution in [3.63, 3.8) is 0 Å². The van der Waals surface area contributed by atoms with Crippen LogP contribution in [0.5, 0.6) is 0 Å². The van der Waals surface area contributed by atoms with E-state index in [0.717, 1.165) is 0 Å². The molecular formula is C8H15N3O3. The van der Waals surface area contributed by atoms with Crippen LogP contribution in [0, 0.1) is 0 Å². The lowest BCUT2D eigenvalue weighted by Crippen LogP contribution is -2.33. The number of rotatable bonds is 7. The topological polar surface area (TPSA) is 105 Å². The Kier molecular flexibility index (Phi) is 6.30. The van der Waals surface area contributed by atoms with E-state index >= 15 is 0 Å². The van der Waals surface area contributed by atoms with E-state index in [9.17, 15) is 9.59 Å². The monoisotopic (exact) mass is 201 g/mol. The van der Waals surface area contributed by atoms with Gasteiger partial charge in [0.25, 0.3) is 0 Å². The molecule has 0 heterocycles. The van der Waals surface area contributed by atoms with Gasteiger partial charge in [-0.2, -0.15) is 0 Å². The van der Waals surface area contributed by atoms with E-state index in [0.29, 0.717) is 13.1 Å². The van der Waals surface area contributed by atoms with Crippen LogP contribution in [0.1, 0.15) is 12.8 Å². The number of nitrogens with two attached hydrogens (primary N) is 1. The van der Waals surface area contributed by atoms with Crippen molar-refractivity contribution in [2.75, 3.05) is 13.1 Å². The largest absolute Gasteiger partial charge is 0.480 e. The minimum Gasteiger partial charge on any atom is -0.480 e. The number of nitrogens with zero attached hydrogens (tertiary/aromatic N) is 1. The average Bonchev–Trinajstić information content (AvgIpc) is 2.14. The van der Waals surface area contributed by atoms with E-state index in [-0.39, 0.29) is 18.7 Å². The highest BCUT2D eigenvalue weighted by molar-refractivity contribution is 5.78. The molecule has 0 aliphatic rings. The Morgan fingerprint density at radius 2 is 2.21 bits per heavy atom. The summed E-state index contributed by atoms with van der Waals surface area (Å²) in [5.74, 6) is -1.31. The molecule has 0 aliphatic carbocycles. The van der Waals surface area contributed by atoms with Gasteiger partial charge in [-0.25, -0.2) is 0 Å². The predicted octanol–water partition coefficient (Wildman–Crippen LogP) is -1.00. The number of carbonyl (C=O) groups excluding carboxylic acids is 1. The Hall–Kier alpha value is -1.43. The lowest BCUT2D eigenvalue weighted by atomic mass is 10.1. The number of carbonyl (C=O) groups is 2. The van der Waals surface area contributed by atoms with Gasteiger partial charge in [-0.05, 0) is 13.1 Å². The molecule has 1 unspecified atom stereocenters. The molecule has 0 bridgehead atoms. The second-order valence-corrected chi connectivity index (χ2v) is 2.78. The zero-order chi connectivity index (χ0) is 11.0. The molecule has 0 saturated carbocycles. The highest BCUT2D eigenvalue weighted by Gasteiger charge is 2.12. The van der Waals surface area contributed by atoms with Crippen LogP contribution in [-0.4, -0.2) is 42.8 Å². The maximum absolute atomic E-state index is 11.0. The van der Waals surface area contributed by atoms with Gasteiger partial charge >= 0.3 is 5.97 Å². The zero-order valence-electron chi connectivity index (χ0n) is 7.90. The highest BCUT2D eigenvalue weighted by Crippen LogP contribution is 1.94. The standard InChI is InChI=1S/C8H15N3O3/c1-10-4-5-11-7(12)3-2-6(9)8(13)14/h6H,1-5,9H2,(H,11,12)(H,13,14). The predicted molar refractivity (Wildman–Crippen MR) is 52.3 cm³/mol. The van der Waals surface area contributed by atoms with Gasteiger partial charge in [0.05, 0.1) is 6.54 Å². The summed E-state index contributed by atoms with van der Waals surface area (Å²) in [7, 11) is 0. The van der Waals surface area contributed by atoms with E-state index in [1.54, 1.807) is 0 Å². The third-order valence-corrected chi connectivity index (χ3v) is 1.59. The molecule has 4 N–H and O–H groups in total. The molecule has 14 heavy (non-hydrogen) atoms. The molecule has 0 aromatic heterocycles. The molecule has 0 aliphatic heterocycles. The lowest BCUT2D eigenvalue weighted by molar-refractivity contribution is -0.138. The van der Waals surface area contributed by atoms with E-state index < -0.39 is 12.0 Å². The molecule has 6 nitrogen and oxygen atoms in total. The first-order chi connectivity index (χ1) is 6.57. The summed E-state index contributed by atoms with van der Waals surface area (Å²) in [6, 6.07) is -0.974. The van der Waals surface area contributed by atoms with Crippen molar-refractivity contribution in [1.29, 1.82) is 0 Å². The SMILES string of the molecule is C=NCCNC(=O)CCC(N)C(=O)O. The molecule has 0 saturated heterocycles. The first kappa shape index (κ1) is 12.6. The van der Waals surface area contributed by atoms with Gasteiger partial charge in [0, 0.05) is 13.0 Å². The van der Waals surface area contributed by atoms with Crippen molar-refractivity contribution < 1.29 is 14.7 Å². The molecule has 6 heteroatoms. The third kappa shape index (κ3) is 6.13. The molecule has 0 rings (SSSR count). The van der Waals surface area contributed by atoms with Crippen LogP contribution < -0.4 is 11.1 Å². The van der Waals surface area contributed by atoms with Crippen molar-refractivity contribution >= 4 is 18.6 Å². The second-order valence-electron chi connectivity index (χ2n) is 2.78. The zero-order valence-corrected chi connectivity index (χ0v) is 7.90. The van der Waals surface area contributed by atoms with Gasteiger partial charge in [0.2, 0.25) is 5.91 Å². The van der Waals surface area contributed by atoms with Crippen LogP contribution in [0.25, 0.3) is 0 Å². The molecular weight excluding hydrogens is 186 g/mol. The molecule has 0 fully saturated rings. The van der Waals surface area contributed by atoms with Crippen LogP contribution in [0.15, 0.2) is 4.99 Å². The Morgan fingerprint density at radius 1 is 1.57 bits per heavy atom. The Morgan fingerprint density at radius 3 is 2.71 bits per heavy atom. The fraction of sp³-hybridized carbons (Fsp3) is 0.625. The normalized spacial score (nSPS) is 11.8. The average molecular weight is 201 g/mol. The number of carboxylic acid groups (broad SMARTS) is 1. The summed E-state index contributed by atoms with van der Waals surface area (Å²) in [5.41, 5.74) is 5.21. The molecule has 0 aromatic carbocycles. The maximum atomic E-state index is 11.0. The van der Waals surface area contributed by atoms with E-state index in [1.165, 1.54) is 0 Å². The van der Waals surface area contributed by atoms with E-state index in [2.05, 4.69) is 17.0 Å².